The number of hydrogen-bond acceptors (Lipinski definition) is 1. The SMILES string of the molecule is CC1(c2ccccc2)C[Si](C)(C)[Si](C)(C)[Si](C)(C)O1. The first-order valence-corrected chi connectivity index (χ1v) is 18.4. The first kappa shape index (κ1) is 15.2. The van der Waals surface area contributed by atoms with Gasteiger partial charge in [-0.1, -0.05) is 56.5 Å². The van der Waals surface area contributed by atoms with Crippen molar-refractivity contribution >= 4 is 22.5 Å². The van der Waals surface area contributed by atoms with E-state index in [-0.39, 0.29) is 5.60 Å². The summed E-state index contributed by atoms with van der Waals surface area (Å²) < 4.78 is 6.83. The molecule has 1 aromatic rings. The molecule has 0 N–H and O–H groups in total. The van der Waals surface area contributed by atoms with Crippen LogP contribution in [0.15, 0.2) is 30.3 Å². The highest BCUT2D eigenvalue weighted by atomic mass is 29.6. The normalized spacial score (nSPS) is 31.9. The van der Waals surface area contributed by atoms with Gasteiger partial charge in [-0.3, -0.25) is 0 Å². The van der Waals surface area contributed by atoms with Gasteiger partial charge in [-0.25, -0.2) is 0 Å². The van der Waals surface area contributed by atoms with Crippen LogP contribution in [-0.4, -0.2) is 22.5 Å². The van der Waals surface area contributed by atoms with E-state index in [1.165, 1.54) is 11.6 Å². The number of rotatable bonds is 1. The molecule has 0 aromatic heterocycles. The van der Waals surface area contributed by atoms with E-state index >= 15 is 0 Å². The zero-order valence-electron chi connectivity index (χ0n) is 13.5. The first-order chi connectivity index (χ1) is 8.52. The molecule has 2 rings (SSSR count). The summed E-state index contributed by atoms with van der Waals surface area (Å²) in [7, 11) is -3.98. The van der Waals surface area contributed by atoms with Crippen LogP contribution < -0.4 is 0 Å². The van der Waals surface area contributed by atoms with Gasteiger partial charge in [0, 0.05) is 7.59 Å². The average molecular weight is 309 g/mol. The van der Waals surface area contributed by atoms with Crippen molar-refractivity contribution < 1.29 is 4.43 Å². The van der Waals surface area contributed by atoms with Gasteiger partial charge < -0.3 is 4.43 Å². The van der Waals surface area contributed by atoms with E-state index in [0.29, 0.717) is 0 Å². The fraction of sp³-hybridized carbons (Fsp3) is 0.600. The maximum Gasteiger partial charge on any atom is 0.172 e. The van der Waals surface area contributed by atoms with Gasteiger partial charge in [-0.05, 0) is 31.6 Å². The third-order valence-electron chi connectivity index (χ3n) is 5.84. The highest BCUT2D eigenvalue weighted by Gasteiger charge is 2.61. The second kappa shape index (κ2) is 4.41. The zero-order valence-corrected chi connectivity index (χ0v) is 16.5. The average Bonchev–Trinajstić information content (AvgIpc) is 2.26. The molecule has 1 aromatic carbocycles. The quantitative estimate of drug-likeness (QED) is 0.683. The Bertz CT molecular complexity index is 446. The third-order valence-corrected chi connectivity index (χ3v) is 46.3. The summed E-state index contributed by atoms with van der Waals surface area (Å²) >= 11 is 0. The Hall–Kier alpha value is -0.169. The fourth-order valence-corrected chi connectivity index (χ4v) is 33.9. The van der Waals surface area contributed by atoms with Crippen molar-refractivity contribution in [3.63, 3.8) is 0 Å². The van der Waals surface area contributed by atoms with Crippen LogP contribution in [0.5, 0.6) is 0 Å². The van der Waals surface area contributed by atoms with E-state index in [1.807, 2.05) is 0 Å². The highest BCUT2D eigenvalue weighted by molar-refractivity contribution is 7.67. The summed E-state index contributed by atoms with van der Waals surface area (Å²) in [5, 5.41) is 0. The molecular weight excluding hydrogens is 280 g/mol. The number of benzene rings is 1. The van der Waals surface area contributed by atoms with Crippen molar-refractivity contribution in [2.45, 2.75) is 57.9 Å². The second-order valence-corrected chi connectivity index (χ2v) is 35.2. The number of hydrogen-bond donors (Lipinski definition) is 0. The molecule has 1 heterocycles. The van der Waals surface area contributed by atoms with Gasteiger partial charge in [0.1, 0.15) is 0 Å². The fourth-order valence-electron chi connectivity index (χ4n) is 3.56. The van der Waals surface area contributed by atoms with Crippen LogP contribution in [0, 0.1) is 0 Å². The predicted molar refractivity (Wildman–Crippen MR) is 92.1 cm³/mol. The van der Waals surface area contributed by atoms with Crippen molar-refractivity contribution in [1.82, 2.24) is 0 Å². The van der Waals surface area contributed by atoms with Crippen LogP contribution in [-0.2, 0) is 10.0 Å². The molecule has 4 heteroatoms. The largest absolute Gasteiger partial charge is 0.411 e. The maximum absolute atomic E-state index is 6.83. The van der Waals surface area contributed by atoms with Gasteiger partial charge in [0.15, 0.2) is 7.83 Å². The van der Waals surface area contributed by atoms with E-state index < -0.39 is 22.5 Å². The molecule has 1 unspecified atom stereocenters. The van der Waals surface area contributed by atoms with Crippen LogP contribution in [0.25, 0.3) is 0 Å². The van der Waals surface area contributed by atoms with Gasteiger partial charge in [0.05, 0.1) is 12.7 Å². The van der Waals surface area contributed by atoms with Gasteiger partial charge in [0.25, 0.3) is 0 Å². The maximum atomic E-state index is 6.83. The van der Waals surface area contributed by atoms with Crippen LogP contribution in [0.4, 0.5) is 0 Å². The minimum Gasteiger partial charge on any atom is -0.411 e. The van der Waals surface area contributed by atoms with Gasteiger partial charge in [0.2, 0.25) is 0 Å². The molecule has 106 valence electrons. The van der Waals surface area contributed by atoms with E-state index in [2.05, 4.69) is 76.5 Å². The molecule has 0 amide bonds. The minimum atomic E-state index is -1.57. The second-order valence-electron chi connectivity index (χ2n) is 7.89. The lowest BCUT2D eigenvalue weighted by atomic mass is 9.98. The predicted octanol–water partition coefficient (Wildman–Crippen LogP) is 4.71. The molecule has 1 fully saturated rings. The molecule has 0 radical (unpaired) electrons. The van der Waals surface area contributed by atoms with Crippen molar-refractivity contribution in [2.75, 3.05) is 0 Å². The van der Waals surface area contributed by atoms with E-state index in [4.69, 9.17) is 4.43 Å². The molecule has 1 saturated heterocycles. The van der Waals surface area contributed by atoms with Crippen LogP contribution in [0.2, 0.25) is 45.3 Å². The van der Waals surface area contributed by atoms with Gasteiger partial charge in [-0.2, -0.15) is 0 Å². The molecule has 19 heavy (non-hydrogen) atoms. The summed E-state index contributed by atoms with van der Waals surface area (Å²) in [5.41, 5.74) is 1.33. The molecular formula is C15H28OSi3. The van der Waals surface area contributed by atoms with Crippen molar-refractivity contribution in [1.29, 1.82) is 0 Å². The van der Waals surface area contributed by atoms with Crippen molar-refractivity contribution in [3.8, 4) is 0 Å². The Morgan fingerprint density at radius 1 is 0.947 bits per heavy atom. The van der Waals surface area contributed by atoms with Crippen LogP contribution >= 0.6 is 0 Å². The Balaban J connectivity index is 2.48. The standard InChI is InChI=1S/C15H28OSi3/c1-15(14-11-9-8-10-12-14)13-17(2,3)19(6,7)18(4,5)16-15/h8-12H,13H2,1-7H3. The lowest BCUT2D eigenvalue weighted by Gasteiger charge is -2.58. The molecule has 1 nitrogen and oxygen atoms in total. The zero-order chi connectivity index (χ0) is 14.5. The lowest BCUT2D eigenvalue weighted by molar-refractivity contribution is 0.0998. The van der Waals surface area contributed by atoms with Gasteiger partial charge >= 0.3 is 0 Å². The summed E-state index contributed by atoms with van der Waals surface area (Å²) in [6.45, 7) is 17.7. The summed E-state index contributed by atoms with van der Waals surface area (Å²) in [6.07, 6.45) is 0. The summed E-state index contributed by atoms with van der Waals surface area (Å²) in [6, 6.07) is 12.2. The van der Waals surface area contributed by atoms with E-state index in [9.17, 15) is 0 Å². The molecule has 1 atom stereocenters. The highest BCUT2D eigenvalue weighted by Crippen LogP contribution is 2.48. The molecule has 0 aliphatic carbocycles. The molecule has 0 bridgehead atoms. The Labute approximate surface area is 121 Å². The first-order valence-electron chi connectivity index (χ1n) is 7.28. The third kappa shape index (κ3) is 2.33. The van der Waals surface area contributed by atoms with Crippen molar-refractivity contribution in [3.05, 3.63) is 35.9 Å². The topological polar surface area (TPSA) is 9.23 Å². The van der Waals surface area contributed by atoms with Crippen molar-refractivity contribution in [2.24, 2.45) is 0 Å². The summed E-state index contributed by atoms with van der Waals surface area (Å²) in [5.74, 6) is 0. The van der Waals surface area contributed by atoms with E-state index in [0.717, 1.165) is 0 Å². The molecule has 1 aliphatic rings. The van der Waals surface area contributed by atoms with Crippen LogP contribution in [0.3, 0.4) is 0 Å². The van der Waals surface area contributed by atoms with E-state index in [1.54, 1.807) is 0 Å². The Morgan fingerprint density at radius 3 is 1.95 bits per heavy atom. The van der Waals surface area contributed by atoms with Crippen LogP contribution in [0.1, 0.15) is 12.5 Å². The summed E-state index contributed by atoms with van der Waals surface area (Å²) in [4.78, 5) is 0. The van der Waals surface area contributed by atoms with Gasteiger partial charge in [-0.15, -0.1) is 0 Å². The smallest absolute Gasteiger partial charge is 0.172 e. The molecule has 1 aliphatic heterocycles. The monoisotopic (exact) mass is 308 g/mol. The Kier molecular flexibility index (Phi) is 3.54. The lowest BCUT2D eigenvalue weighted by Crippen LogP contribution is -2.77. The molecule has 0 spiro atoms. The molecule has 0 saturated carbocycles. The Morgan fingerprint density at radius 2 is 1.47 bits per heavy atom. The minimum absolute atomic E-state index is 0.0464.